The molecule has 1 saturated carbocycles. The SMILES string of the molecule is CC.CC(C)N1CCN(C2COC2)CC1.CN(C)CCN(C)C1CC1. The average molecular weight is 357 g/mol. The highest BCUT2D eigenvalue weighted by atomic mass is 16.5. The first-order chi connectivity index (χ1) is 12.0. The van der Waals surface area contributed by atoms with Gasteiger partial charge in [0.1, 0.15) is 0 Å². The summed E-state index contributed by atoms with van der Waals surface area (Å²) in [5.74, 6) is 0. The molecule has 2 saturated heterocycles. The summed E-state index contributed by atoms with van der Waals surface area (Å²) in [4.78, 5) is 9.82. The molecule has 0 aromatic rings. The van der Waals surface area contributed by atoms with Gasteiger partial charge in [-0.25, -0.2) is 0 Å². The van der Waals surface area contributed by atoms with Crippen LogP contribution in [0.25, 0.3) is 0 Å². The Kier molecular flexibility index (Phi) is 11.2. The van der Waals surface area contributed by atoms with Crippen LogP contribution >= 0.6 is 0 Å². The van der Waals surface area contributed by atoms with Crippen molar-refractivity contribution in [2.24, 2.45) is 0 Å². The second-order valence-electron chi connectivity index (χ2n) is 7.87. The van der Waals surface area contributed by atoms with Crippen LogP contribution in [0.2, 0.25) is 0 Å². The molecular weight excluding hydrogens is 312 g/mol. The van der Waals surface area contributed by atoms with E-state index in [2.05, 4.69) is 54.6 Å². The zero-order valence-corrected chi connectivity index (χ0v) is 18.0. The molecule has 0 spiro atoms. The van der Waals surface area contributed by atoms with Crippen molar-refractivity contribution in [1.29, 1.82) is 0 Å². The highest BCUT2D eigenvalue weighted by molar-refractivity contribution is 4.83. The van der Waals surface area contributed by atoms with Crippen molar-refractivity contribution in [3.63, 3.8) is 0 Å². The van der Waals surface area contributed by atoms with E-state index in [1.807, 2.05) is 13.8 Å². The minimum atomic E-state index is 0.708. The van der Waals surface area contributed by atoms with E-state index >= 15 is 0 Å². The molecule has 0 radical (unpaired) electrons. The van der Waals surface area contributed by atoms with Gasteiger partial charge in [-0.3, -0.25) is 9.80 Å². The summed E-state index contributed by atoms with van der Waals surface area (Å²) in [6.07, 6.45) is 2.84. The number of hydrogen-bond donors (Lipinski definition) is 0. The topological polar surface area (TPSA) is 22.2 Å². The van der Waals surface area contributed by atoms with Gasteiger partial charge in [0.25, 0.3) is 0 Å². The number of ether oxygens (including phenoxy) is 1. The monoisotopic (exact) mass is 356 g/mol. The molecule has 25 heavy (non-hydrogen) atoms. The van der Waals surface area contributed by atoms with Gasteiger partial charge < -0.3 is 14.5 Å². The summed E-state index contributed by atoms with van der Waals surface area (Å²) in [5.41, 5.74) is 0. The highest BCUT2D eigenvalue weighted by Gasteiger charge is 2.29. The van der Waals surface area contributed by atoms with Crippen molar-refractivity contribution >= 4 is 0 Å². The van der Waals surface area contributed by atoms with Crippen molar-refractivity contribution in [2.45, 2.75) is 58.7 Å². The van der Waals surface area contributed by atoms with E-state index < -0.39 is 0 Å². The molecule has 2 heterocycles. The molecule has 3 aliphatic rings. The summed E-state index contributed by atoms with van der Waals surface area (Å²) in [7, 11) is 6.47. The lowest BCUT2D eigenvalue weighted by atomic mass is 10.1. The predicted molar refractivity (Wildman–Crippen MR) is 108 cm³/mol. The maximum absolute atomic E-state index is 5.21. The standard InChI is InChI=1S/C10H20N2O.C8H18N2.C2H6/c1-9(2)11-3-5-12(6-4-11)10-7-13-8-10;1-9(2)6-7-10(3)8-4-5-8;1-2/h9-10H,3-8H2,1-2H3;8H,4-7H2,1-3H3;1-2H3. The highest BCUT2D eigenvalue weighted by Crippen LogP contribution is 2.24. The number of piperazine rings is 1. The molecule has 0 amide bonds. The molecule has 150 valence electrons. The number of likely N-dealkylation sites (N-methyl/N-ethyl adjacent to an activating group) is 2. The fourth-order valence-corrected chi connectivity index (χ4v) is 3.11. The molecule has 0 bridgehead atoms. The summed E-state index contributed by atoms with van der Waals surface area (Å²) in [6.45, 7) is 17.8. The van der Waals surface area contributed by atoms with Crippen LogP contribution in [0, 0.1) is 0 Å². The van der Waals surface area contributed by atoms with Crippen molar-refractivity contribution < 1.29 is 4.74 Å². The molecule has 0 unspecified atom stereocenters. The maximum Gasteiger partial charge on any atom is 0.0645 e. The lowest BCUT2D eigenvalue weighted by Crippen LogP contribution is -2.57. The van der Waals surface area contributed by atoms with Gasteiger partial charge in [-0.15, -0.1) is 0 Å². The van der Waals surface area contributed by atoms with E-state index in [1.54, 1.807) is 0 Å². The fourth-order valence-electron chi connectivity index (χ4n) is 3.11. The van der Waals surface area contributed by atoms with Crippen LogP contribution in [-0.4, -0.2) is 111 Å². The van der Waals surface area contributed by atoms with Crippen LogP contribution in [0.3, 0.4) is 0 Å². The Morgan fingerprint density at radius 3 is 1.84 bits per heavy atom. The summed E-state index contributed by atoms with van der Waals surface area (Å²) in [5, 5.41) is 0. The normalized spacial score (nSPS) is 22.3. The van der Waals surface area contributed by atoms with Gasteiger partial charge in [0.05, 0.1) is 19.3 Å². The molecule has 0 aromatic heterocycles. The Balaban J connectivity index is 0.000000235. The van der Waals surface area contributed by atoms with Crippen LogP contribution in [0.5, 0.6) is 0 Å². The van der Waals surface area contributed by atoms with Crippen LogP contribution in [0.4, 0.5) is 0 Å². The Morgan fingerprint density at radius 1 is 0.920 bits per heavy atom. The third kappa shape index (κ3) is 8.83. The predicted octanol–water partition coefficient (Wildman–Crippen LogP) is 2.08. The summed E-state index contributed by atoms with van der Waals surface area (Å²) < 4.78 is 5.21. The van der Waals surface area contributed by atoms with Gasteiger partial charge in [-0.1, -0.05) is 13.8 Å². The van der Waals surface area contributed by atoms with Crippen molar-refractivity contribution in [1.82, 2.24) is 19.6 Å². The van der Waals surface area contributed by atoms with Gasteiger partial charge in [0, 0.05) is 51.4 Å². The van der Waals surface area contributed by atoms with E-state index in [-0.39, 0.29) is 0 Å². The van der Waals surface area contributed by atoms with Gasteiger partial charge in [0.2, 0.25) is 0 Å². The number of nitrogens with zero attached hydrogens (tertiary/aromatic N) is 4. The molecule has 0 aromatic carbocycles. The zero-order valence-electron chi connectivity index (χ0n) is 18.0. The Labute approximate surface area is 157 Å². The van der Waals surface area contributed by atoms with E-state index in [4.69, 9.17) is 4.74 Å². The lowest BCUT2D eigenvalue weighted by Gasteiger charge is -2.43. The number of rotatable bonds is 6. The van der Waals surface area contributed by atoms with Crippen LogP contribution < -0.4 is 0 Å². The molecule has 3 rings (SSSR count). The minimum absolute atomic E-state index is 0.708. The second kappa shape index (κ2) is 12.2. The summed E-state index contributed by atoms with van der Waals surface area (Å²) in [6, 6.07) is 2.36. The fraction of sp³-hybridized carbons (Fsp3) is 1.00. The Bertz CT molecular complexity index is 322. The van der Waals surface area contributed by atoms with E-state index in [1.165, 1.54) is 52.1 Å². The van der Waals surface area contributed by atoms with E-state index in [9.17, 15) is 0 Å². The van der Waals surface area contributed by atoms with E-state index in [0.717, 1.165) is 25.3 Å². The molecule has 0 N–H and O–H groups in total. The summed E-state index contributed by atoms with van der Waals surface area (Å²) >= 11 is 0. The molecule has 2 aliphatic heterocycles. The Hall–Kier alpha value is -0.200. The van der Waals surface area contributed by atoms with E-state index in [0.29, 0.717) is 6.04 Å². The first-order valence-corrected chi connectivity index (χ1v) is 10.4. The largest absolute Gasteiger partial charge is 0.378 e. The third-order valence-electron chi connectivity index (χ3n) is 5.29. The van der Waals surface area contributed by atoms with Gasteiger partial charge in [-0.2, -0.15) is 0 Å². The zero-order chi connectivity index (χ0) is 18.8. The molecule has 5 heteroatoms. The van der Waals surface area contributed by atoms with Crippen LogP contribution in [0.15, 0.2) is 0 Å². The maximum atomic E-state index is 5.21. The molecule has 3 fully saturated rings. The molecule has 0 atom stereocenters. The first-order valence-electron chi connectivity index (χ1n) is 10.4. The van der Waals surface area contributed by atoms with Gasteiger partial charge >= 0.3 is 0 Å². The number of hydrogen-bond acceptors (Lipinski definition) is 5. The second-order valence-corrected chi connectivity index (χ2v) is 7.87. The molecule has 5 nitrogen and oxygen atoms in total. The smallest absolute Gasteiger partial charge is 0.0645 e. The van der Waals surface area contributed by atoms with Crippen LogP contribution in [-0.2, 0) is 4.74 Å². The van der Waals surface area contributed by atoms with Crippen LogP contribution in [0.1, 0.15) is 40.5 Å². The lowest BCUT2D eigenvalue weighted by molar-refractivity contribution is -0.0787. The minimum Gasteiger partial charge on any atom is -0.378 e. The van der Waals surface area contributed by atoms with Crippen molar-refractivity contribution in [3.05, 3.63) is 0 Å². The molecule has 1 aliphatic carbocycles. The van der Waals surface area contributed by atoms with Crippen molar-refractivity contribution in [2.75, 3.05) is 73.6 Å². The Morgan fingerprint density at radius 2 is 1.48 bits per heavy atom. The average Bonchev–Trinajstić information content (AvgIpc) is 3.39. The molecular formula is C20H44N4O. The van der Waals surface area contributed by atoms with Crippen molar-refractivity contribution in [3.8, 4) is 0 Å². The quantitative estimate of drug-likeness (QED) is 0.725. The van der Waals surface area contributed by atoms with Gasteiger partial charge in [-0.05, 0) is 47.8 Å². The van der Waals surface area contributed by atoms with Gasteiger partial charge in [0.15, 0.2) is 0 Å². The third-order valence-corrected chi connectivity index (χ3v) is 5.29. The first kappa shape index (κ1) is 22.8.